The molecule has 2 aromatic heterocycles. The lowest BCUT2D eigenvalue weighted by Gasteiger charge is -2.30. The van der Waals surface area contributed by atoms with E-state index in [2.05, 4.69) is 45.5 Å². The number of carbonyl (C=O) groups excluding carboxylic acids is 1. The Labute approximate surface area is 268 Å². The van der Waals surface area contributed by atoms with Crippen LogP contribution in [-0.2, 0) is 24.1 Å². The van der Waals surface area contributed by atoms with E-state index in [0.29, 0.717) is 24.4 Å². The molecule has 1 amide bonds. The van der Waals surface area contributed by atoms with Crippen LogP contribution in [0.15, 0.2) is 85.2 Å². The lowest BCUT2D eigenvalue weighted by molar-refractivity contribution is 0.0932. The number of carbonyl (C=O) groups is 1. The van der Waals surface area contributed by atoms with Crippen LogP contribution in [0.5, 0.6) is 0 Å². The number of benzene rings is 2. The Kier molecular flexibility index (Phi) is 9.23. The Morgan fingerprint density at radius 1 is 1.00 bits per heavy atom. The van der Waals surface area contributed by atoms with E-state index in [1.165, 1.54) is 5.56 Å². The summed E-state index contributed by atoms with van der Waals surface area (Å²) in [5, 5.41) is 13.4. The monoisotopic (exact) mass is 623 g/mol. The van der Waals surface area contributed by atoms with E-state index < -0.39 is 15.7 Å². The molecule has 4 aromatic rings. The zero-order valence-corrected chi connectivity index (χ0v) is 27.0. The highest BCUT2D eigenvalue weighted by Gasteiger charge is 2.40. The number of fused-ring (bicyclic) bond motifs is 1. The molecule has 0 spiro atoms. The molecule has 0 bridgehead atoms. The molecule has 2 N–H and O–H groups in total. The van der Waals surface area contributed by atoms with E-state index >= 15 is 0 Å². The lowest BCUT2D eigenvalue weighted by atomic mass is 9.94. The van der Waals surface area contributed by atoms with Crippen LogP contribution in [0.2, 0.25) is 0 Å². The largest absolute Gasteiger partial charge is 0.396 e. The minimum absolute atomic E-state index is 0.0294. The van der Waals surface area contributed by atoms with Crippen LogP contribution in [0.3, 0.4) is 0 Å². The first kappa shape index (κ1) is 31.2. The molecule has 2 aliphatic rings. The van der Waals surface area contributed by atoms with Crippen LogP contribution >= 0.6 is 0 Å². The number of aromatic nitrogens is 2. The summed E-state index contributed by atoms with van der Waals surface area (Å²) < 4.78 is 15.2. The zero-order chi connectivity index (χ0) is 31.6. The maximum Gasteiger partial charge on any atom is 0.270 e. The molecule has 0 saturated carbocycles. The second-order valence-electron chi connectivity index (χ2n) is 12.9. The van der Waals surface area contributed by atoms with Crippen molar-refractivity contribution in [3.8, 4) is 22.4 Å². The summed E-state index contributed by atoms with van der Waals surface area (Å²) in [6.45, 7) is 8.79. The van der Waals surface area contributed by atoms with Gasteiger partial charge in [-0.2, -0.15) is 0 Å². The Hall–Kier alpha value is -3.76. The first-order valence-electron chi connectivity index (χ1n) is 15.6. The van der Waals surface area contributed by atoms with Crippen molar-refractivity contribution in [1.29, 1.82) is 0 Å². The second kappa shape index (κ2) is 13.3. The first-order chi connectivity index (χ1) is 21.7. The fraction of sp³-hybridized carbons (Fsp3) is 0.361. The highest BCUT2D eigenvalue weighted by molar-refractivity contribution is 7.84. The summed E-state index contributed by atoms with van der Waals surface area (Å²) >= 11 is 0. The molecule has 9 heteroatoms. The molecular weight excluding hydrogens is 582 g/mol. The molecule has 234 valence electrons. The third kappa shape index (κ3) is 6.92. The fourth-order valence-electron chi connectivity index (χ4n) is 6.39. The van der Waals surface area contributed by atoms with Gasteiger partial charge in [-0.3, -0.25) is 14.7 Å². The van der Waals surface area contributed by atoms with Crippen molar-refractivity contribution in [3.63, 3.8) is 0 Å². The predicted octanol–water partition coefficient (Wildman–Crippen LogP) is 5.52. The van der Waals surface area contributed by atoms with Crippen LogP contribution in [0.25, 0.3) is 22.4 Å². The number of amides is 1. The molecular formula is C36H41N5O3S. The zero-order valence-electron chi connectivity index (χ0n) is 26.1. The minimum Gasteiger partial charge on any atom is -0.396 e. The van der Waals surface area contributed by atoms with Gasteiger partial charge in [0.25, 0.3) is 5.91 Å². The molecule has 2 aliphatic heterocycles. The Morgan fingerprint density at radius 2 is 1.76 bits per heavy atom. The number of likely N-dealkylation sites (tertiary alicyclic amines) is 1. The highest BCUT2D eigenvalue weighted by Crippen LogP contribution is 2.44. The van der Waals surface area contributed by atoms with E-state index in [1.54, 1.807) is 12.4 Å². The molecule has 8 nitrogen and oxygen atoms in total. The van der Waals surface area contributed by atoms with Gasteiger partial charge in [0.05, 0.1) is 16.5 Å². The average molecular weight is 624 g/mol. The van der Waals surface area contributed by atoms with Gasteiger partial charge in [0.2, 0.25) is 0 Å². The summed E-state index contributed by atoms with van der Waals surface area (Å²) in [5.41, 5.74) is 7.07. The maximum atomic E-state index is 13.8. The molecule has 3 atom stereocenters. The predicted molar refractivity (Wildman–Crippen MR) is 178 cm³/mol. The summed E-state index contributed by atoms with van der Waals surface area (Å²) in [6, 6.07) is 24.0. The normalized spacial score (nSPS) is 19.4. The smallest absolute Gasteiger partial charge is 0.270 e. The molecule has 1 saturated heterocycles. The number of nitrogens with one attached hydrogen (secondary N) is 1. The van der Waals surface area contributed by atoms with Crippen molar-refractivity contribution in [2.24, 2.45) is 0 Å². The number of aliphatic hydroxyl groups is 1. The Morgan fingerprint density at radius 3 is 2.49 bits per heavy atom. The third-order valence-corrected chi connectivity index (χ3v) is 10.4. The van der Waals surface area contributed by atoms with Crippen LogP contribution in [-0.4, -0.2) is 64.9 Å². The molecule has 0 unspecified atom stereocenters. The van der Waals surface area contributed by atoms with Crippen LogP contribution < -0.4 is 5.32 Å². The number of hydrogen-bond acceptors (Lipinski definition) is 6. The number of hydrogen-bond donors (Lipinski definition) is 2. The number of nitrogens with zero attached hydrogens (tertiary/aromatic N) is 4. The summed E-state index contributed by atoms with van der Waals surface area (Å²) in [6.07, 6.45) is 4.83. The van der Waals surface area contributed by atoms with Crippen molar-refractivity contribution < 1.29 is 14.1 Å². The second-order valence-corrected chi connectivity index (χ2v) is 15.1. The third-order valence-electron chi connectivity index (χ3n) is 8.53. The maximum absolute atomic E-state index is 13.8. The average Bonchev–Trinajstić information content (AvgIpc) is 3.64. The van der Waals surface area contributed by atoms with Crippen molar-refractivity contribution in [2.75, 3.05) is 19.7 Å². The van der Waals surface area contributed by atoms with Gasteiger partial charge in [-0.15, -0.1) is 0 Å². The summed E-state index contributed by atoms with van der Waals surface area (Å²) in [5.74, 6) is -0.204. The van der Waals surface area contributed by atoms with E-state index in [0.717, 1.165) is 53.9 Å². The van der Waals surface area contributed by atoms with Crippen molar-refractivity contribution in [3.05, 3.63) is 108 Å². The van der Waals surface area contributed by atoms with Crippen LogP contribution in [0, 0.1) is 0 Å². The Bertz CT molecular complexity index is 1680. The molecule has 45 heavy (non-hydrogen) atoms. The van der Waals surface area contributed by atoms with Gasteiger partial charge >= 0.3 is 0 Å². The number of pyridine rings is 2. The molecule has 0 aliphatic carbocycles. The molecule has 1 fully saturated rings. The van der Waals surface area contributed by atoms with E-state index in [9.17, 15) is 14.1 Å². The molecule has 0 radical (unpaired) electrons. The van der Waals surface area contributed by atoms with Crippen molar-refractivity contribution in [1.82, 2.24) is 24.5 Å². The van der Waals surface area contributed by atoms with Gasteiger partial charge in [0.1, 0.15) is 16.7 Å². The summed E-state index contributed by atoms with van der Waals surface area (Å²) in [4.78, 5) is 25.3. The molecule has 2 aromatic carbocycles. The van der Waals surface area contributed by atoms with Crippen LogP contribution in [0.4, 0.5) is 0 Å². The number of rotatable bonds is 9. The fourth-order valence-corrected chi connectivity index (χ4v) is 7.79. The standard InChI is InChI=1S/C36H41N5O3S/c1-36(2,3)45(44)41-23-29-21-31(35(43)38-30-14-18-40(24-30)22-25-8-5-4-6-9-25)39-34(33(29)32(41)15-19-42)28-11-7-10-27(20-28)26-12-16-37-17-13-26/h4-13,16-17,20-21,30,32,42H,14-15,18-19,22-24H2,1-3H3,(H,38,43)/t30-,32-,45-/m0/s1. The molecule has 6 rings (SSSR count). The van der Waals surface area contributed by atoms with Gasteiger partial charge in [-0.25, -0.2) is 13.5 Å². The van der Waals surface area contributed by atoms with Gasteiger partial charge in [-0.1, -0.05) is 48.5 Å². The Balaban J connectivity index is 1.34. The highest BCUT2D eigenvalue weighted by atomic mass is 32.2. The van der Waals surface area contributed by atoms with E-state index in [4.69, 9.17) is 4.98 Å². The van der Waals surface area contributed by atoms with E-state index in [1.807, 2.05) is 67.5 Å². The van der Waals surface area contributed by atoms with Gasteiger partial charge in [0, 0.05) is 62.3 Å². The lowest BCUT2D eigenvalue weighted by Crippen LogP contribution is -2.37. The molecule has 4 heterocycles. The minimum atomic E-state index is -1.33. The van der Waals surface area contributed by atoms with Crippen molar-refractivity contribution in [2.45, 2.75) is 63.5 Å². The van der Waals surface area contributed by atoms with Gasteiger partial charge < -0.3 is 10.4 Å². The van der Waals surface area contributed by atoms with E-state index in [-0.39, 0.29) is 24.6 Å². The quantitative estimate of drug-likeness (QED) is 0.255. The first-order valence-corrected chi connectivity index (χ1v) is 16.7. The number of aliphatic hydroxyl groups excluding tert-OH is 1. The van der Waals surface area contributed by atoms with Crippen LogP contribution in [0.1, 0.15) is 66.8 Å². The topological polar surface area (TPSA) is 98.7 Å². The van der Waals surface area contributed by atoms with Crippen molar-refractivity contribution >= 4 is 16.9 Å². The SMILES string of the molecule is CC(C)(C)[S@](=O)N1Cc2cc(C(=O)N[C@H]3CCN(Cc4ccccc4)C3)nc(-c3cccc(-c4ccncc4)c3)c2[C@@H]1CCO. The van der Waals surface area contributed by atoms with Gasteiger partial charge in [-0.05, 0) is 80.1 Å². The summed E-state index contributed by atoms with van der Waals surface area (Å²) in [7, 11) is -1.33. The van der Waals surface area contributed by atoms with Gasteiger partial charge in [0.15, 0.2) is 0 Å².